The highest BCUT2D eigenvalue weighted by Crippen LogP contribution is 2.26. The number of benzene rings is 1. The number of aromatic hydroxyl groups is 1. The molecule has 29 heavy (non-hydrogen) atoms. The molecule has 7 nitrogen and oxygen atoms in total. The van der Waals surface area contributed by atoms with E-state index in [1.165, 1.54) is 32.2 Å². The second-order valence-electron chi connectivity index (χ2n) is 6.42. The van der Waals surface area contributed by atoms with Gasteiger partial charge in [-0.1, -0.05) is 19.1 Å². The molecule has 2 rings (SSSR count). The number of ether oxygens (including phenoxy) is 2. The van der Waals surface area contributed by atoms with Gasteiger partial charge in [0, 0.05) is 20.3 Å². The van der Waals surface area contributed by atoms with Crippen LogP contribution >= 0.6 is 0 Å². The molecule has 0 radical (unpaired) electrons. The number of hydrogen-bond donors (Lipinski definition) is 1. The quantitative estimate of drug-likeness (QED) is 0.511. The normalized spacial score (nSPS) is 11.7. The van der Waals surface area contributed by atoms with E-state index in [4.69, 9.17) is 9.47 Å². The molecule has 1 atom stereocenters. The monoisotopic (exact) mass is 402 g/mol. The van der Waals surface area contributed by atoms with Crippen molar-refractivity contribution in [3.63, 3.8) is 0 Å². The Morgan fingerprint density at radius 2 is 2.07 bits per heavy atom. The van der Waals surface area contributed by atoms with Gasteiger partial charge in [-0.25, -0.2) is 4.39 Å². The lowest BCUT2D eigenvalue weighted by atomic mass is 9.97. The Labute approximate surface area is 167 Å². The first kappa shape index (κ1) is 22.1. The van der Waals surface area contributed by atoms with E-state index in [-0.39, 0.29) is 35.4 Å². The van der Waals surface area contributed by atoms with Gasteiger partial charge in [0.1, 0.15) is 11.6 Å². The smallest absolute Gasteiger partial charge is 0.271 e. The molecule has 0 aliphatic heterocycles. The summed E-state index contributed by atoms with van der Waals surface area (Å²) in [7, 11) is 1.50. The third-order valence-electron chi connectivity index (χ3n) is 4.55. The lowest BCUT2D eigenvalue weighted by Gasteiger charge is -2.20. The number of rotatable bonds is 9. The van der Waals surface area contributed by atoms with Crippen molar-refractivity contribution in [1.82, 2.24) is 4.57 Å². The zero-order chi connectivity index (χ0) is 21.6. The number of carbonyl (C=O) groups is 1. The highest BCUT2D eigenvalue weighted by molar-refractivity contribution is 6.03. The van der Waals surface area contributed by atoms with Gasteiger partial charge >= 0.3 is 0 Å². The Balaban J connectivity index is 2.52. The van der Waals surface area contributed by atoms with Crippen LogP contribution in [0.4, 0.5) is 4.39 Å². The second kappa shape index (κ2) is 9.85. The molecule has 1 unspecified atom stereocenters. The summed E-state index contributed by atoms with van der Waals surface area (Å²) in [5.74, 6) is -1.90. The van der Waals surface area contributed by atoms with Crippen molar-refractivity contribution in [2.45, 2.75) is 39.3 Å². The highest BCUT2D eigenvalue weighted by atomic mass is 19.1. The highest BCUT2D eigenvalue weighted by Gasteiger charge is 2.30. The van der Waals surface area contributed by atoms with E-state index in [0.29, 0.717) is 13.0 Å². The topological polar surface area (TPSA) is 102 Å². The zero-order valence-corrected chi connectivity index (χ0v) is 16.6. The first-order valence-corrected chi connectivity index (χ1v) is 9.18. The molecule has 1 N–H and O–H groups in total. The van der Waals surface area contributed by atoms with Crippen molar-refractivity contribution in [1.29, 1.82) is 5.26 Å². The maximum absolute atomic E-state index is 13.9. The Morgan fingerprint density at radius 3 is 2.66 bits per heavy atom. The van der Waals surface area contributed by atoms with Crippen molar-refractivity contribution in [3.8, 4) is 17.7 Å². The lowest BCUT2D eigenvalue weighted by Crippen LogP contribution is -2.32. The molecule has 2 aromatic rings. The van der Waals surface area contributed by atoms with Crippen LogP contribution in [0.5, 0.6) is 11.6 Å². The SMILES string of the molecule is CCC(Oc1ccccc1F)C(=O)c1c(C)c(C#N)c(=O)n(CCCOC)c1O. The Kier molecular flexibility index (Phi) is 7.51. The predicted molar refractivity (Wildman–Crippen MR) is 104 cm³/mol. The zero-order valence-electron chi connectivity index (χ0n) is 16.6. The summed E-state index contributed by atoms with van der Waals surface area (Å²) in [5.41, 5.74) is -1.03. The van der Waals surface area contributed by atoms with E-state index in [9.17, 15) is 24.3 Å². The van der Waals surface area contributed by atoms with Gasteiger partial charge < -0.3 is 14.6 Å². The largest absolute Gasteiger partial charge is 0.494 e. The van der Waals surface area contributed by atoms with Crippen LogP contribution in [0.2, 0.25) is 0 Å². The average molecular weight is 402 g/mol. The molecule has 0 spiro atoms. The van der Waals surface area contributed by atoms with Gasteiger partial charge in [-0.05, 0) is 37.5 Å². The van der Waals surface area contributed by atoms with Gasteiger partial charge in [-0.2, -0.15) is 5.26 Å². The van der Waals surface area contributed by atoms with Gasteiger partial charge in [-0.3, -0.25) is 14.2 Å². The van der Waals surface area contributed by atoms with Crippen LogP contribution in [0.25, 0.3) is 0 Å². The molecule has 0 amide bonds. The summed E-state index contributed by atoms with van der Waals surface area (Å²) in [6, 6.07) is 7.47. The van der Waals surface area contributed by atoms with Crippen LogP contribution in [0.15, 0.2) is 29.1 Å². The van der Waals surface area contributed by atoms with Crippen LogP contribution in [-0.4, -0.2) is 35.3 Å². The number of aromatic nitrogens is 1. The van der Waals surface area contributed by atoms with Crippen LogP contribution in [0.3, 0.4) is 0 Å². The van der Waals surface area contributed by atoms with Crippen LogP contribution in [0, 0.1) is 24.1 Å². The van der Waals surface area contributed by atoms with Crippen molar-refractivity contribution in [2.24, 2.45) is 0 Å². The van der Waals surface area contributed by atoms with Gasteiger partial charge in [0.15, 0.2) is 17.7 Å². The molecule has 0 fully saturated rings. The van der Waals surface area contributed by atoms with Crippen molar-refractivity contribution in [2.75, 3.05) is 13.7 Å². The molecule has 8 heteroatoms. The van der Waals surface area contributed by atoms with E-state index < -0.39 is 29.1 Å². The third-order valence-corrected chi connectivity index (χ3v) is 4.55. The third kappa shape index (κ3) is 4.63. The molecule has 0 aliphatic rings. The fraction of sp³-hybridized carbons (Fsp3) is 0.381. The van der Waals surface area contributed by atoms with Crippen molar-refractivity contribution < 1.29 is 23.8 Å². The number of nitrogens with zero attached hydrogens (tertiary/aromatic N) is 2. The average Bonchev–Trinajstić information content (AvgIpc) is 2.70. The number of carbonyl (C=O) groups excluding carboxylic acids is 1. The summed E-state index contributed by atoms with van der Waals surface area (Å²) in [6.07, 6.45) is -0.515. The number of methoxy groups -OCH3 is 1. The van der Waals surface area contributed by atoms with Crippen LogP contribution in [-0.2, 0) is 11.3 Å². The molecule has 1 heterocycles. The summed E-state index contributed by atoms with van der Waals surface area (Å²) in [5, 5.41) is 20.1. The van der Waals surface area contributed by atoms with Crippen LogP contribution in [0.1, 0.15) is 41.3 Å². The molecule has 0 saturated heterocycles. The fourth-order valence-corrected chi connectivity index (χ4v) is 3.00. The minimum absolute atomic E-state index is 0.0681. The standard InChI is InChI=1S/C21H23FN2O5/c1-4-16(29-17-9-6-5-8-15(17)22)19(25)18-13(2)14(12-23)20(26)24(21(18)27)10-7-11-28-3/h5-6,8-9,16,27H,4,7,10-11H2,1-3H3. The fourth-order valence-electron chi connectivity index (χ4n) is 3.00. The van der Waals surface area contributed by atoms with Gasteiger partial charge in [-0.15, -0.1) is 0 Å². The summed E-state index contributed by atoms with van der Waals surface area (Å²) in [4.78, 5) is 25.7. The molecule has 0 bridgehead atoms. The maximum atomic E-state index is 13.9. The number of hydrogen-bond acceptors (Lipinski definition) is 6. The predicted octanol–water partition coefficient (Wildman–Crippen LogP) is 2.95. The summed E-state index contributed by atoms with van der Waals surface area (Å²) < 4.78 is 25.4. The minimum atomic E-state index is -1.10. The second-order valence-corrected chi connectivity index (χ2v) is 6.42. The number of Topliss-reactive ketones (excluding diaryl/α,β-unsaturated/α-hetero) is 1. The number of para-hydroxylation sites is 1. The lowest BCUT2D eigenvalue weighted by molar-refractivity contribution is 0.0774. The van der Waals surface area contributed by atoms with Gasteiger partial charge in [0.05, 0.1) is 5.56 Å². The molecular formula is C21H23FN2O5. The number of nitriles is 1. The van der Waals surface area contributed by atoms with Crippen molar-refractivity contribution >= 4 is 5.78 Å². The molecule has 1 aromatic carbocycles. The Morgan fingerprint density at radius 1 is 1.38 bits per heavy atom. The number of ketones is 1. The first-order valence-electron chi connectivity index (χ1n) is 9.18. The Bertz CT molecular complexity index is 994. The van der Waals surface area contributed by atoms with E-state index in [1.807, 2.05) is 0 Å². The first-order chi connectivity index (χ1) is 13.9. The molecule has 0 aliphatic carbocycles. The molecule has 0 saturated carbocycles. The maximum Gasteiger partial charge on any atom is 0.271 e. The minimum Gasteiger partial charge on any atom is -0.494 e. The summed E-state index contributed by atoms with van der Waals surface area (Å²) in [6.45, 7) is 3.50. The van der Waals surface area contributed by atoms with E-state index in [0.717, 1.165) is 4.57 Å². The van der Waals surface area contributed by atoms with Gasteiger partial charge in [0.2, 0.25) is 11.7 Å². The number of pyridine rings is 1. The number of halogens is 1. The van der Waals surface area contributed by atoms with E-state index in [1.54, 1.807) is 19.1 Å². The Hall–Kier alpha value is -3.18. The molecule has 154 valence electrons. The van der Waals surface area contributed by atoms with Crippen molar-refractivity contribution in [3.05, 3.63) is 57.1 Å². The molecular weight excluding hydrogens is 379 g/mol. The molecule has 1 aromatic heterocycles. The summed E-state index contributed by atoms with van der Waals surface area (Å²) >= 11 is 0. The van der Waals surface area contributed by atoms with Gasteiger partial charge in [0.25, 0.3) is 5.56 Å². The van der Waals surface area contributed by atoms with E-state index >= 15 is 0 Å². The van der Waals surface area contributed by atoms with E-state index in [2.05, 4.69) is 0 Å². The van der Waals surface area contributed by atoms with Crippen LogP contribution < -0.4 is 10.3 Å².